The fourth-order valence-electron chi connectivity index (χ4n) is 4.38. The zero-order valence-electron chi connectivity index (χ0n) is 17.5. The molecule has 4 rings (SSSR count). The molecule has 2 atom stereocenters. The Morgan fingerprint density at radius 1 is 1.24 bits per heavy atom. The second kappa shape index (κ2) is 8.67. The number of nitrogens with one attached hydrogen (secondary N) is 1. The van der Waals surface area contributed by atoms with Gasteiger partial charge in [0.25, 0.3) is 0 Å². The Kier molecular flexibility index (Phi) is 6.01. The number of fused-ring (bicyclic) bond motifs is 1. The summed E-state index contributed by atoms with van der Waals surface area (Å²) in [7, 11) is 0. The molecule has 1 aliphatic rings. The number of para-hydroxylation sites is 1. The summed E-state index contributed by atoms with van der Waals surface area (Å²) in [5.41, 5.74) is 3.62. The molecule has 1 saturated heterocycles. The normalized spacial score (nSPS) is 20.4. The van der Waals surface area contributed by atoms with Crippen molar-refractivity contribution in [2.75, 3.05) is 13.1 Å². The highest BCUT2D eigenvalue weighted by molar-refractivity contribution is 7.09. The number of aromatic nitrogens is 2. The fraction of sp³-hybridized carbons (Fsp3) is 0.478. The number of benzene rings is 1. The average Bonchev–Trinajstić information content (AvgIpc) is 3.32. The molecule has 154 valence electrons. The zero-order valence-corrected chi connectivity index (χ0v) is 18.3. The lowest BCUT2D eigenvalue weighted by molar-refractivity contribution is -0.137. The van der Waals surface area contributed by atoms with Crippen molar-refractivity contribution in [3.63, 3.8) is 0 Å². The largest absolute Gasteiger partial charge is 0.361 e. The maximum Gasteiger partial charge on any atom is 0.222 e. The molecule has 0 radical (unpaired) electrons. The smallest absolute Gasteiger partial charge is 0.222 e. The molecule has 29 heavy (non-hydrogen) atoms. The molecule has 0 bridgehead atoms. The first-order valence-corrected chi connectivity index (χ1v) is 11.4. The second-order valence-electron chi connectivity index (χ2n) is 8.11. The van der Waals surface area contributed by atoms with Crippen molar-refractivity contribution in [1.82, 2.24) is 19.8 Å². The number of nitrogens with zero attached hydrogens (tertiary/aromatic N) is 3. The third-order valence-electron chi connectivity index (χ3n) is 6.26. The van der Waals surface area contributed by atoms with E-state index in [9.17, 15) is 4.79 Å². The third kappa shape index (κ3) is 4.38. The number of aromatic amines is 1. The highest BCUT2D eigenvalue weighted by atomic mass is 32.1. The van der Waals surface area contributed by atoms with Gasteiger partial charge < -0.3 is 9.88 Å². The van der Waals surface area contributed by atoms with Crippen molar-refractivity contribution in [2.45, 2.75) is 58.7 Å². The van der Waals surface area contributed by atoms with Crippen LogP contribution >= 0.6 is 11.3 Å². The molecule has 2 aromatic heterocycles. The van der Waals surface area contributed by atoms with Crippen LogP contribution in [-0.2, 0) is 17.8 Å². The summed E-state index contributed by atoms with van der Waals surface area (Å²) in [4.78, 5) is 25.4. The van der Waals surface area contributed by atoms with Gasteiger partial charge in [-0.15, -0.1) is 11.3 Å². The van der Waals surface area contributed by atoms with Gasteiger partial charge in [-0.3, -0.25) is 9.69 Å². The second-order valence-corrected chi connectivity index (χ2v) is 9.17. The summed E-state index contributed by atoms with van der Waals surface area (Å²) in [6.45, 7) is 9.05. The Hall–Kier alpha value is -2.18. The first-order valence-electron chi connectivity index (χ1n) is 10.5. The number of H-pyrrole nitrogens is 1. The first kappa shape index (κ1) is 20.1. The molecule has 1 aliphatic heterocycles. The lowest BCUT2D eigenvalue weighted by Crippen LogP contribution is -2.58. The van der Waals surface area contributed by atoms with Crippen LogP contribution in [0.25, 0.3) is 10.9 Å². The summed E-state index contributed by atoms with van der Waals surface area (Å²) in [6.07, 6.45) is 4.52. The van der Waals surface area contributed by atoms with Crippen LogP contribution in [0.5, 0.6) is 0 Å². The number of carbonyl (C=O) groups is 1. The van der Waals surface area contributed by atoms with Crippen LogP contribution in [0.15, 0.2) is 35.8 Å². The lowest BCUT2D eigenvalue weighted by Gasteiger charge is -2.45. The van der Waals surface area contributed by atoms with Crippen molar-refractivity contribution >= 4 is 28.1 Å². The quantitative estimate of drug-likeness (QED) is 0.656. The van der Waals surface area contributed by atoms with Crippen LogP contribution in [0.3, 0.4) is 0 Å². The molecule has 0 saturated carbocycles. The Morgan fingerprint density at radius 3 is 2.86 bits per heavy atom. The summed E-state index contributed by atoms with van der Waals surface area (Å²) in [6, 6.07) is 8.92. The molecule has 1 aromatic carbocycles. The fourth-order valence-corrected chi connectivity index (χ4v) is 4.99. The molecule has 3 heterocycles. The van der Waals surface area contributed by atoms with E-state index in [2.05, 4.69) is 63.4 Å². The molecule has 6 heteroatoms. The van der Waals surface area contributed by atoms with Crippen molar-refractivity contribution < 1.29 is 4.79 Å². The minimum Gasteiger partial charge on any atom is -0.361 e. The Morgan fingerprint density at radius 2 is 2.07 bits per heavy atom. The standard InChI is InChI=1S/C23H30N4OS/c1-16-17(2)27(12-11-26(16)14-20-15-29-18(3)25-20)23(28)10-6-7-19-13-24-22-9-5-4-8-21(19)22/h4-5,8-9,13,15-17,24H,6-7,10-12,14H2,1-3H3/t16-,17-/m1/s1. The van der Waals surface area contributed by atoms with Crippen molar-refractivity contribution in [2.24, 2.45) is 0 Å². The zero-order chi connectivity index (χ0) is 20.4. The van der Waals surface area contributed by atoms with E-state index in [-0.39, 0.29) is 11.9 Å². The number of hydrogen-bond donors (Lipinski definition) is 1. The summed E-state index contributed by atoms with van der Waals surface area (Å²) >= 11 is 1.70. The number of amides is 1. The lowest BCUT2D eigenvalue weighted by atomic mass is 10.0. The maximum atomic E-state index is 12.9. The monoisotopic (exact) mass is 410 g/mol. The molecule has 1 N–H and O–H groups in total. The molecule has 3 aromatic rings. The Bertz CT molecular complexity index is 978. The summed E-state index contributed by atoms with van der Waals surface area (Å²) in [5, 5.41) is 4.53. The first-order chi connectivity index (χ1) is 14.0. The van der Waals surface area contributed by atoms with Crippen LogP contribution < -0.4 is 0 Å². The van der Waals surface area contributed by atoms with Crippen molar-refractivity contribution in [3.05, 3.63) is 52.1 Å². The van der Waals surface area contributed by atoms with Gasteiger partial charge in [0, 0.05) is 60.6 Å². The Labute approximate surface area is 176 Å². The highest BCUT2D eigenvalue weighted by Crippen LogP contribution is 2.23. The predicted molar refractivity (Wildman–Crippen MR) is 119 cm³/mol. The number of aryl methyl sites for hydroxylation is 2. The molecule has 0 unspecified atom stereocenters. The van der Waals surface area contributed by atoms with Gasteiger partial charge in [0.1, 0.15) is 0 Å². The van der Waals surface area contributed by atoms with E-state index < -0.39 is 0 Å². The van der Waals surface area contributed by atoms with E-state index in [1.165, 1.54) is 16.5 Å². The van der Waals surface area contributed by atoms with Crippen LogP contribution in [0.4, 0.5) is 0 Å². The van der Waals surface area contributed by atoms with Crippen LogP contribution in [0.1, 0.15) is 43.0 Å². The van der Waals surface area contributed by atoms with Crippen LogP contribution in [-0.4, -0.2) is 50.8 Å². The predicted octanol–water partition coefficient (Wildman–Crippen LogP) is 4.38. The van der Waals surface area contributed by atoms with Gasteiger partial charge in [0.2, 0.25) is 5.91 Å². The van der Waals surface area contributed by atoms with Gasteiger partial charge in [0.05, 0.1) is 10.7 Å². The van der Waals surface area contributed by atoms with Crippen molar-refractivity contribution in [1.29, 1.82) is 0 Å². The van der Waals surface area contributed by atoms with E-state index in [0.29, 0.717) is 12.5 Å². The molecule has 0 spiro atoms. The SMILES string of the molecule is Cc1nc(CN2CCN(C(=O)CCCc3c[nH]c4ccccc34)[C@H](C)[C@H]2C)cs1. The van der Waals surface area contributed by atoms with Gasteiger partial charge in [-0.2, -0.15) is 0 Å². The van der Waals surface area contributed by atoms with E-state index in [1.807, 2.05) is 13.0 Å². The van der Waals surface area contributed by atoms with Crippen molar-refractivity contribution in [3.8, 4) is 0 Å². The summed E-state index contributed by atoms with van der Waals surface area (Å²) in [5.74, 6) is 0.286. The molecule has 1 amide bonds. The van der Waals surface area contributed by atoms with Gasteiger partial charge in [-0.05, 0) is 45.2 Å². The van der Waals surface area contributed by atoms with Gasteiger partial charge in [-0.25, -0.2) is 4.98 Å². The number of rotatable bonds is 6. The number of carbonyl (C=O) groups excluding carboxylic acids is 1. The highest BCUT2D eigenvalue weighted by Gasteiger charge is 2.33. The van der Waals surface area contributed by atoms with E-state index in [1.54, 1.807) is 11.3 Å². The van der Waals surface area contributed by atoms with Crippen LogP contribution in [0, 0.1) is 6.92 Å². The van der Waals surface area contributed by atoms with E-state index in [0.717, 1.165) is 43.2 Å². The van der Waals surface area contributed by atoms with Gasteiger partial charge >= 0.3 is 0 Å². The molecule has 5 nitrogen and oxygen atoms in total. The molecular weight excluding hydrogens is 380 g/mol. The van der Waals surface area contributed by atoms with Crippen LogP contribution in [0.2, 0.25) is 0 Å². The van der Waals surface area contributed by atoms with Gasteiger partial charge in [-0.1, -0.05) is 18.2 Å². The minimum absolute atomic E-state index is 0.226. The van der Waals surface area contributed by atoms with E-state index >= 15 is 0 Å². The number of thiazole rings is 1. The molecular formula is C23H30N4OS. The molecule has 0 aliphatic carbocycles. The third-order valence-corrected chi connectivity index (χ3v) is 7.08. The topological polar surface area (TPSA) is 52.2 Å². The number of piperazine rings is 1. The average molecular weight is 411 g/mol. The minimum atomic E-state index is 0.226. The number of hydrogen-bond acceptors (Lipinski definition) is 4. The maximum absolute atomic E-state index is 12.9. The summed E-state index contributed by atoms with van der Waals surface area (Å²) < 4.78 is 0. The van der Waals surface area contributed by atoms with Gasteiger partial charge in [0.15, 0.2) is 0 Å². The molecule has 1 fully saturated rings. The Balaban J connectivity index is 1.30. The van der Waals surface area contributed by atoms with E-state index in [4.69, 9.17) is 0 Å².